The van der Waals surface area contributed by atoms with Gasteiger partial charge in [-0.3, -0.25) is 19.6 Å². The monoisotopic (exact) mass is 643 g/mol. The number of carbonyl (C=O) groups excluding carboxylic acids is 2. The molecule has 0 unspecified atom stereocenters. The maximum Gasteiger partial charge on any atom is 0.274 e. The predicted octanol–water partition coefficient (Wildman–Crippen LogP) is 4.27. The summed E-state index contributed by atoms with van der Waals surface area (Å²) < 4.78 is 5.61. The van der Waals surface area contributed by atoms with E-state index in [-0.39, 0.29) is 24.5 Å². The third-order valence-corrected chi connectivity index (χ3v) is 8.21. The van der Waals surface area contributed by atoms with Crippen LogP contribution in [0.4, 0.5) is 5.69 Å². The molecule has 1 aliphatic heterocycles. The van der Waals surface area contributed by atoms with Gasteiger partial charge in [0, 0.05) is 73.5 Å². The Morgan fingerprint density at radius 1 is 1.09 bits per heavy atom. The van der Waals surface area contributed by atoms with Crippen molar-refractivity contribution in [3.8, 4) is 28.4 Å². The third-order valence-electron chi connectivity index (χ3n) is 7.82. The molecule has 1 fully saturated rings. The summed E-state index contributed by atoms with van der Waals surface area (Å²) in [6, 6.07) is 14.9. The summed E-state index contributed by atoms with van der Waals surface area (Å²) in [5.74, 6) is 0.247. The zero-order valence-electron chi connectivity index (χ0n) is 25.9. The number of aliphatic hydroxyl groups is 1. The number of benzene rings is 1. The minimum atomic E-state index is -0.327. The van der Waals surface area contributed by atoms with Gasteiger partial charge in [-0.05, 0) is 61.7 Å². The molecule has 0 bridgehead atoms. The lowest BCUT2D eigenvalue weighted by molar-refractivity contribution is -0.119. The molecular weight excluding hydrogens is 606 g/mol. The number of pyridine rings is 3. The van der Waals surface area contributed by atoms with E-state index < -0.39 is 0 Å². The SMILES string of the molecule is COc1nc(-c2ccnc(-c3cccc(NC(=O)c4ccc(CNCCCO)cn4)c3C)c2Cl)ccc1CNC[C@H]1CCC(=O)N1. The normalized spacial score (nSPS) is 14.3. The van der Waals surface area contributed by atoms with Crippen LogP contribution < -0.4 is 26.0 Å². The van der Waals surface area contributed by atoms with Crippen LogP contribution in [0.15, 0.2) is 60.9 Å². The number of nitrogens with zero attached hydrogens (tertiary/aromatic N) is 3. The number of nitrogens with one attached hydrogen (secondary N) is 4. The van der Waals surface area contributed by atoms with E-state index in [2.05, 4.69) is 31.2 Å². The zero-order valence-corrected chi connectivity index (χ0v) is 26.7. The number of carbonyl (C=O) groups is 2. The Labute approximate surface area is 273 Å². The third kappa shape index (κ3) is 8.04. The van der Waals surface area contributed by atoms with Crippen molar-refractivity contribution in [2.45, 2.75) is 45.3 Å². The molecule has 0 radical (unpaired) electrons. The minimum Gasteiger partial charge on any atom is -0.481 e. The first-order chi connectivity index (χ1) is 22.4. The molecule has 4 heterocycles. The molecular formula is C34H38ClN7O4. The standard InChI is InChI=1S/C34H38ClN7O4/c1-21-25(5-3-6-27(21)41-33(45)29-10-7-22(18-39-29)17-36-14-4-16-43)32-31(35)26(13-15-38-32)28-11-8-23(34(42-28)46-2)19-37-20-24-9-12-30(44)40-24/h3,5-8,10-11,13,15,18,24,36-37,43H,4,9,12,14,16-17,19-20H2,1-2H3,(H,40,44)(H,41,45)/t24-/m1/s1. The second-order valence-electron chi connectivity index (χ2n) is 11.1. The molecule has 1 saturated heterocycles. The highest BCUT2D eigenvalue weighted by Gasteiger charge is 2.21. The van der Waals surface area contributed by atoms with Gasteiger partial charge >= 0.3 is 0 Å². The van der Waals surface area contributed by atoms with Crippen LogP contribution in [0, 0.1) is 6.92 Å². The van der Waals surface area contributed by atoms with Crippen molar-refractivity contribution in [2.75, 3.05) is 32.1 Å². The van der Waals surface area contributed by atoms with Crippen molar-refractivity contribution >= 4 is 29.1 Å². The Morgan fingerprint density at radius 3 is 2.70 bits per heavy atom. The molecule has 3 aromatic heterocycles. The molecule has 46 heavy (non-hydrogen) atoms. The summed E-state index contributed by atoms with van der Waals surface area (Å²) >= 11 is 6.97. The summed E-state index contributed by atoms with van der Waals surface area (Å²) in [6.07, 6.45) is 5.43. The van der Waals surface area contributed by atoms with Crippen LogP contribution in [-0.4, -0.2) is 64.7 Å². The highest BCUT2D eigenvalue weighted by atomic mass is 35.5. The van der Waals surface area contributed by atoms with Gasteiger partial charge in [0.25, 0.3) is 5.91 Å². The number of aliphatic hydroxyl groups excluding tert-OH is 1. The molecule has 1 aromatic carbocycles. The van der Waals surface area contributed by atoms with Gasteiger partial charge in [0.15, 0.2) is 0 Å². The lowest BCUT2D eigenvalue weighted by Crippen LogP contribution is -2.35. The lowest BCUT2D eigenvalue weighted by atomic mass is 10.0. The van der Waals surface area contributed by atoms with Crippen molar-refractivity contribution in [2.24, 2.45) is 0 Å². The smallest absolute Gasteiger partial charge is 0.274 e. The molecule has 2 amide bonds. The van der Waals surface area contributed by atoms with Gasteiger partial charge in [0.05, 0.1) is 23.5 Å². The topological polar surface area (TPSA) is 150 Å². The van der Waals surface area contributed by atoms with Crippen molar-refractivity contribution in [1.82, 2.24) is 30.9 Å². The molecule has 0 saturated carbocycles. The quantitative estimate of drug-likeness (QED) is 0.127. The van der Waals surface area contributed by atoms with Gasteiger partial charge in [-0.1, -0.05) is 35.9 Å². The Balaban J connectivity index is 1.30. The predicted molar refractivity (Wildman–Crippen MR) is 178 cm³/mol. The number of ether oxygens (including phenoxy) is 1. The molecule has 11 nitrogen and oxygen atoms in total. The first kappa shape index (κ1) is 33.0. The summed E-state index contributed by atoms with van der Waals surface area (Å²) in [5.41, 5.74) is 6.23. The minimum absolute atomic E-state index is 0.0921. The van der Waals surface area contributed by atoms with Crippen molar-refractivity contribution < 1.29 is 19.4 Å². The molecule has 4 aromatic rings. The number of anilines is 1. The molecule has 1 aliphatic rings. The van der Waals surface area contributed by atoms with Crippen molar-refractivity contribution in [3.05, 3.63) is 88.3 Å². The van der Waals surface area contributed by atoms with Crippen LogP contribution >= 0.6 is 11.6 Å². The number of halogens is 1. The summed E-state index contributed by atoms with van der Waals surface area (Å²) in [5, 5.41) is 21.9. The van der Waals surface area contributed by atoms with Gasteiger partial charge in [-0.25, -0.2) is 4.98 Å². The first-order valence-electron chi connectivity index (χ1n) is 15.2. The van der Waals surface area contributed by atoms with Gasteiger partial charge in [-0.2, -0.15) is 0 Å². The highest BCUT2D eigenvalue weighted by Crippen LogP contribution is 2.38. The average molecular weight is 644 g/mol. The van der Waals surface area contributed by atoms with Crippen LogP contribution in [-0.2, 0) is 17.9 Å². The van der Waals surface area contributed by atoms with Gasteiger partial charge in [-0.15, -0.1) is 0 Å². The molecule has 12 heteroatoms. The van der Waals surface area contributed by atoms with E-state index in [1.165, 1.54) is 0 Å². The lowest BCUT2D eigenvalue weighted by Gasteiger charge is -2.16. The van der Waals surface area contributed by atoms with Crippen LogP contribution in [0.1, 0.15) is 46.4 Å². The van der Waals surface area contributed by atoms with Gasteiger partial charge in [0.2, 0.25) is 11.8 Å². The molecule has 0 aliphatic carbocycles. The van der Waals surface area contributed by atoms with Crippen LogP contribution in [0.2, 0.25) is 5.02 Å². The average Bonchev–Trinajstić information content (AvgIpc) is 3.49. The molecule has 5 N–H and O–H groups in total. The van der Waals surface area contributed by atoms with E-state index in [4.69, 9.17) is 26.4 Å². The van der Waals surface area contributed by atoms with Crippen molar-refractivity contribution in [3.63, 3.8) is 0 Å². The number of rotatable bonds is 14. The maximum atomic E-state index is 13.1. The number of amides is 2. The Hall–Kier alpha value is -4.42. The maximum absolute atomic E-state index is 13.1. The van der Waals surface area contributed by atoms with E-state index in [1.807, 2.05) is 49.4 Å². The molecule has 0 spiro atoms. The van der Waals surface area contributed by atoms with Crippen LogP contribution in [0.3, 0.4) is 0 Å². The number of hydrogen-bond acceptors (Lipinski definition) is 9. The van der Waals surface area contributed by atoms with Gasteiger partial charge in [0.1, 0.15) is 5.69 Å². The highest BCUT2D eigenvalue weighted by molar-refractivity contribution is 6.35. The second-order valence-corrected chi connectivity index (χ2v) is 11.4. The summed E-state index contributed by atoms with van der Waals surface area (Å²) in [7, 11) is 1.58. The Kier molecular flexibility index (Phi) is 11.3. The zero-order chi connectivity index (χ0) is 32.5. The molecule has 5 rings (SSSR count). The molecule has 1 atom stereocenters. The fraction of sp³-hybridized carbons (Fsp3) is 0.324. The van der Waals surface area contributed by atoms with E-state index in [1.54, 1.807) is 25.6 Å². The Bertz CT molecular complexity index is 1680. The summed E-state index contributed by atoms with van der Waals surface area (Å²) in [4.78, 5) is 38.2. The number of aromatic nitrogens is 3. The number of methoxy groups -OCH3 is 1. The van der Waals surface area contributed by atoms with Crippen molar-refractivity contribution in [1.29, 1.82) is 0 Å². The van der Waals surface area contributed by atoms with E-state index in [0.29, 0.717) is 78.3 Å². The first-order valence-corrected chi connectivity index (χ1v) is 15.6. The van der Waals surface area contributed by atoms with Crippen LogP contribution in [0.5, 0.6) is 5.88 Å². The van der Waals surface area contributed by atoms with E-state index in [0.717, 1.165) is 28.7 Å². The number of hydrogen-bond donors (Lipinski definition) is 5. The van der Waals surface area contributed by atoms with E-state index in [9.17, 15) is 9.59 Å². The van der Waals surface area contributed by atoms with E-state index >= 15 is 0 Å². The molecule has 240 valence electrons. The largest absolute Gasteiger partial charge is 0.481 e. The summed E-state index contributed by atoms with van der Waals surface area (Å²) in [6.45, 7) is 4.57. The fourth-order valence-electron chi connectivity index (χ4n) is 5.29. The van der Waals surface area contributed by atoms with Crippen LogP contribution in [0.25, 0.3) is 22.5 Å². The Morgan fingerprint density at radius 2 is 1.96 bits per heavy atom. The van der Waals surface area contributed by atoms with Gasteiger partial charge < -0.3 is 31.1 Å². The fourth-order valence-corrected chi connectivity index (χ4v) is 5.60. The second kappa shape index (κ2) is 15.7.